The third-order valence-electron chi connectivity index (χ3n) is 5.38. The summed E-state index contributed by atoms with van der Waals surface area (Å²) in [5.41, 5.74) is 10.4. The molecule has 1 atom stereocenters. The summed E-state index contributed by atoms with van der Waals surface area (Å²) < 4.78 is 18.5. The molecule has 174 valence electrons. The first-order valence-corrected chi connectivity index (χ1v) is 13.4. The average Bonchev–Trinajstić information content (AvgIpc) is 3.40. The minimum Gasteiger partial charge on any atom is -0.397 e. The molecule has 4 aromatic rings. The van der Waals surface area contributed by atoms with Crippen molar-refractivity contribution >= 4 is 36.1 Å². The third-order valence-corrected chi connectivity index (χ3v) is 8.31. The zero-order valence-electron chi connectivity index (χ0n) is 18.7. The van der Waals surface area contributed by atoms with E-state index in [0.29, 0.717) is 23.5 Å². The number of anilines is 2. The summed E-state index contributed by atoms with van der Waals surface area (Å²) in [5, 5.41) is 7.94. The first-order valence-electron chi connectivity index (χ1n) is 10.7. The Morgan fingerprint density at radius 2 is 1.74 bits per heavy atom. The highest BCUT2D eigenvalue weighted by Crippen LogP contribution is 2.45. The van der Waals surface area contributed by atoms with Gasteiger partial charge in [0.25, 0.3) is 13.4 Å². The number of hydrogen-bond acceptors (Lipinski definition) is 5. The van der Waals surface area contributed by atoms with Gasteiger partial charge in [0.15, 0.2) is 0 Å². The first-order chi connectivity index (χ1) is 16.5. The van der Waals surface area contributed by atoms with Gasteiger partial charge in [-0.05, 0) is 52.4 Å². The molecule has 0 saturated carbocycles. The Morgan fingerprint density at radius 1 is 0.971 bits per heavy atom. The summed E-state index contributed by atoms with van der Waals surface area (Å²) in [5.74, 6) is -0.265. The van der Waals surface area contributed by atoms with Gasteiger partial charge in [-0.25, -0.2) is 5.09 Å². The third kappa shape index (κ3) is 6.01. The lowest BCUT2D eigenvalue weighted by atomic mass is 10.1. The van der Waals surface area contributed by atoms with Gasteiger partial charge < -0.3 is 15.6 Å². The van der Waals surface area contributed by atoms with E-state index in [2.05, 4.69) is 10.4 Å². The SMILES string of the molecule is COP(=O)(Cc1ccc(C(=O)Nc2cc(-c3cccs3)ccc2N)cc1)NCc1ccccc1. The second-order valence-electron chi connectivity index (χ2n) is 7.76. The molecular formula is C26H26N3O3PS. The van der Waals surface area contributed by atoms with Gasteiger partial charge in [0.05, 0.1) is 17.5 Å². The first kappa shape index (κ1) is 23.9. The van der Waals surface area contributed by atoms with E-state index < -0.39 is 7.52 Å². The van der Waals surface area contributed by atoms with Crippen LogP contribution in [0.1, 0.15) is 21.5 Å². The van der Waals surface area contributed by atoms with Gasteiger partial charge in [0, 0.05) is 24.1 Å². The summed E-state index contributed by atoms with van der Waals surface area (Å²) in [6, 6.07) is 26.3. The molecule has 0 aliphatic carbocycles. The monoisotopic (exact) mass is 491 g/mol. The predicted octanol–water partition coefficient (Wildman–Crippen LogP) is 6.38. The molecule has 0 bridgehead atoms. The van der Waals surface area contributed by atoms with Crippen LogP contribution in [-0.4, -0.2) is 13.0 Å². The van der Waals surface area contributed by atoms with Crippen LogP contribution in [0.3, 0.4) is 0 Å². The number of carbonyl (C=O) groups is 1. The molecular weight excluding hydrogens is 465 g/mol. The number of rotatable bonds is 9. The van der Waals surface area contributed by atoms with Crippen LogP contribution in [0.4, 0.5) is 11.4 Å². The summed E-state index contributed by atoms with van der Waals surface area (Å²) in [7, 11) is -1.64. The number of nitrogens with one attached hydrogen (secondary N) is 2. The number of thiophene rings is 1. The van der Waals surface area contributed by atoms with E-state index in [1.54, 1.807) is 41.7 Å². The Balaban J connectivity index is 1.41. The zero-order valence-corrected chi connectivity index (χ0v) is 20.4. The van der Waals surface area contributed by atoms with Crippen molar-refractivity contribution in [2.75, 3.05) is 18.2 Å². The van der Waals surface area contributed by atoms with E-state index in [9.17, 15) is 9.36 Å². The maximum absolute atomic E-state index is 13.1. The molecule has 0 spiro atoms. The molecule has 6 nitrogen and oxygen atoms in total. The van der Waals surface area contributed by atoms with Crippen molar-refractivity contribution in [2.45, 2.75) is 12.7 Å². The quantitative estimate of drug-likeness (QED) is 0.187. The molecule has 1 unspecified atom stereocenters. The van der Waals surface area contributed by atoms with Crippen molar-refractivity contribution in [2.24, 2.45) is 0 Å². The summed E-state index contributed by atoms with van der Waals surface area (Å²) in [6.07, 6.45) is 0.216. The number of hydrogen-bond donors (Lipinski definition) is 3. The van der Waals surface area contributed by atoms with E-state index in [1.165, 1.54) is 7.11 Å². The molecule has 4 N–H and O–H groups in total. The number of benzene rings is 3. The minimum absolute atomic E-state index is 0.216. The van der Waals surface area contributed by atoms with E-state index >= 15 is 0 Å². The number of nitrogen functional groups attached to an aromatic ring is 1. The molecule has 1 aromatic heterocycles. The normalized spacial score (nSPS) is 12.7. The Labute approximate surface area is 203 Å². The standard InChI is InChI=1S/C26H26N3O3PS/c1-32-33(31,28-17-19-6-3-2-4-7-19)18-20-9-11-21(12-10-20)26(30)29-24-16-22(13-14-23(24)27)25-8-5-15-34-25/h2-16H,17-18,27H2,1H3,(H,28,31)(H,29,30). The minimum atomic E-state index is -3.08. The Bertz CT molecular complexity index is 1290. The predicted molar refractivity (Wildman–Crippen MR) is 140 cm³/mol. The molecule has 4 rings (SSSR count). The lowest BCUT2D eigenvalue weighted by molar-refractivity contribution is 0.102. The van der Waals surface area contributed by atoms with E-state index in [4.69, 9.17) is 10.3 Å². The van der Waals surface area contributed by atoms with E-state index in [1.807, 2.05) is 60.0 Å². The molecule has 8 heteroatoms. The van der Waals surface area contributed by atoms with Crippen LogP contribution in [0.15, 0.2) is 90.3 Å². The van der Waals surface area contributed by atoms with Crippen molar-refractivity contribution < 1.29 is 13.9 Å². The molecule has 34 heavy (non-hydrogen) atoms. The average molecular weight is 492 g/mol. The van der Waals surface area contributed by atoms with E-state index in [0.717, 1.165) is 21.6 Å². The zero-order chi connectivity index (χ0) is 24.0. The summed E-state index contributed by atoms with van der Waals surface area (Å²) >= 11 is 1.62. The van der Waals surface area contributed by atoms with Gasteiger partial charge in [-0.1, -0.05) is 54.6 Å². The Morgan fingerprint density at radius 3 is 2.41 bits per heavy atom. The lowest BCUT2D eigenvalue weighted by Crippen LogP contribution is -2.14. The fraction of sp³-hybridized carbons (Fsp3) is 0.115. The van der Waals surface area contributed by atoms with Crippen LogP contribution in [0.5, 0.6) is 0 Å². The maximum atomic E-state index is 13.1. The number of amides is 1. The summed E-state index contributed by atoms with van der Waals surface area (Å²) in [4.78, 5) is 13.9. The second-order valence-corrected chi connectivity index (χ2v) is 11.1. The van der Waals surface area contributed by atoms with Gasteiger partial charge in [-0.3, -0.25) is 9.36 Å². The molecule has 0 saturated heterocycles. The Kier molecular flexibility index (Phi) is 7.60. The molecule has 0 aliphatic heterocycles. The number of nitrogens with two attached hydrogens (primary N) is 1. The van der Waals surface area contributed by atoms with Crippen molar-refractivity contribution in [3.05, 3.63) is 107 Å². The highest BCUT2D eigenvalue weighted by Gasteiger charge is 2.22. The smallest absolute Gasteiger partial charge is 0.274 e. The molecule has 1 amide bonds. The Hall–Kier alpha value is -3.22. The van der Waals surface area contributed by atoms with Crippen molar-refractivity contribution in [3.63, 3.8) is 0 Å². The van der Waals surface area contributed by atoms with Gasteiger partial charge in [0.2, 0.25) is 0 Å². The van der Waals surface area contributed by atoms with Crippen LogP contribution >= 0.6 is 18.9 Å². The highest BCUT2D eigenvalue weighted by atomic mass is 32.1. The number of carbonyl (C=O) groups excluding carboxylic acids is 1. The van der Waals surface area contributed by atoms with Crippen LogP contribution in [0, 0.1) is 0 Å². The van der Waals surface area contributed by atoms with Crippen LogP contribution in [0.2, 0.25) is 0 Å². The lowest BCUT2D eigenvalue weighted by Gasteiger charge is -2.18. The molecule has 3 aromatic carbocycles. The van der Waals surface area contributed by atoms with Crippen LogP contribution in [0.25, 0.3) is 10.4 Å². The highest BCUT2D eigenvalue weighted by molar-refractivity contribution is 7.56. The largest absolute Gasteiger partial charge is 0.397 e. The van der Waals surface area contributed by atoms with Crippen LogP contribution < -0.4 is 16.1 Å². The molecule has 0 fully saturated rings. The van der Waals surface area contributed by atoms with Gasteiger partial charge in [0.1, 0.15) is 0 Å². The van der Waals surface area contributed by atoms with Crippen molar-refractivity contribution in [1.29, 1.82) is 0 Å². The van der Waals surface area contributed by atoms with Gasteiger partial charge in [-0.15, -0.1) is 11.3 Å². The summed E-state index contributed by atoms with van der Waals surface area (Å²) in [6.45, 7) is 0.443. The molecule has 0 aliphatic rings. The fourth-order valence-corrected chi connectivity index (χ4v) is 5.66. The fourth-order valence-electron chi connectivity index (χ4n) is 3.45. The van der Waals surface area contributed by atoms with E-state index in [-0.39, 0.29) is 12.1 Å². The van der Waals surface area contributed by atoms with Gasteiger partial charge in [-0.2, -0.15) is 0 Å². The second kappa shape index (κ2) is 10.8. The van der Waals surface area contributed by atoms with Crippen LogP contribution in [-0.2, 0) is 21.8 Å². The topological polar surface area (TPSA) is 93.5 Å². The van der Waals surface area contributed by atoms with Crippen molar-refractivity contribution in [1.82, 2.24) is 5.09 Å². The van der Waals surface area contributed by atoms with Gasteiger partial charge >= 0.3 is 0 Å². The molecule has 1 heterocycles. The maximum Gasteiger partial charge on any atom is 0.274 e. The molecule has 0 radical (unpaired) electrons. The van der Waals surface area contributed by atoms with Crippen molar-refractivity contribution in [3.8, 4) is 10.4 Å².